The van der Waals surface area contributed by atoms with Gasteiger partial charge in [-0.3, -0.25) is 9.78 Å². The van der Waals surface area contributed by atoms with Crippen LogP contribution in [0, 0.1) is 0 Å². The van der Waals surface area contributed by atoms with Gasteiger partial charge in [0.05, 0.1) is 27.8 Å². The lowest BCUT2D eigenvalue weighted by molar-refractivity contribution is -0.137. The molecule has 0 aliphatic heterocycles. The van der Waals surface area contributed by atoms with Crippen LogP contribution in [-0.4, -0.2) is 20.3 Å². The van der Waals surface area contributed by atoms with E-state index in [4.69, 9.17) is 0 Å². The van der Waals surface area contributed by atoms with E-state index in [0.29, 0.717) is 28.6 Å². The van der Waals surface area contributed by atoms with Gasteiger partial charge in [-0.25, -0.2) is 9.36 Å². The van der Waals surface area contributed by atoms with Crippen LogP contribution in [0.5, 0.6) is 0 Å². The highest BCUT2D eigenvalue weighted by Gasteiger charge is 2.31. The first-order valence-corrected chi connectivity index (χ1v) is 9.28. The topological polar surface area (TPSA) is 67.8 Å². The number of nitrogens with zero attached hydrogens (tertiary/aromatic N) is 2. The Bertz CT molecular complexity index is 1360. The Labute approximate surface area is 167 Å². The third kappa shape index (κ3) is 3.31. The summed E-state index contributed by atoms with van der Waals surface area (Å²) in [6, 6.07) is 9.71. The Morgan fingerprint density at radius 3 is 2.55 bits per heavy atom. The number of pyridine rings is 1. The van der Waals surface area contributed by atoms with Gasteiger partial charge in [0.2, 0.25) is 0 Å². The predicted molar refractivity (Wildman–Crippen MR) is 108 cm³/mol. The molecule has 2 aromatic heterocycles. The number of aromatic nitrogens is 3. The Kier molecular flexibility index (Phi) is 4.70. The molecule has 0 unspecified atom stereocenters. The van der Waals surface area contributed by atoms with Gasteiger partial charge in [0.15, 0.2) is 0 Å². The van der Waals surface area contributed by atoms with Gasteiger partial charge in [-0.05, 0) is 24.0 Å². The van der Waals surface area contributed by atoms with Gasteiger partial charge in [-0.2, -0.15) is 25.8 Å². The van der Waals surface area contributed by atoms with Crippen LogP contribution >= 0.6 is 12.6 Å². The molecule has 0 amide bonds. The van der Waals surface area contributed by atoms with Crippen molar-refractivity contribution in [3.63, 3.8) is 0 Å². The zero-order valence-electron chi connectivity index (χ0n) is 14.8. The van der Waals surface area contributed by atoms with Crippen molar-refractivity contribution >= 4 is 34.3 Å². The fourth-order valence-corrected chi connectivity index (χ4v) is 3.53. The molecule has 4 aromatic rings. The van der Waals surface area contributed by atoms with E-state index in [-0.39, 0.29) is 16.6 Å². The Morgan fingerprint density at radius 2 is 1.83 bits per heavy atom. The van der Waals surface area contributed by atoms with Crippen LogP contribution in [0.4, 0.5) is 13.2 Å². The molecule has 4 rings (SSSR count). The molecule has 9 heteroatoms. The SMILES string of the molecule is O=c1[nH]c2ccc(C(F)(F)F)cc2c(=O)n1-c1c(CCS)ncc2ccccc12. The summed E-state index contributed by atoms with van der Waals surface area (Å²) in [5.41, 5.74) is -1.81. The molecule has 0 spiro atoms. The van der Waals surface area contributed by atoms with E-state index in [2.05, 4.69) is 22.6 Å². The lowest BCUT2D eigenvalue weighted by atomic mass is 10.1. The second-order valence-corrected chi connectivity index (χ2v) is 6.89. The van der Waals surface area contributed by atoms with Gasteiger partial charge >= 0.3 is 11.9 Å². The third-order valence-corrected chi connectivity index (χ3v) is 4.87. The molecule has 1 N–H and O–H groups in total. The van der Waals surface area contributed by atoms with E-state index in [1.165, 1.54) is 0 Å². The van der Waals surface area contributed by atoms with Gasteiger partial charge in [-0.1, -0.05) is 24.3 Å². The monoisotopic (exact) mass is 417 g/mol. The Hall–Kier alpha value is -3.07. The Balaban J connectivity index is 2.13. The van der Waals surface area contributed by atoms with E-state index in [1.807, 2.05) is 0 Å². The number of nitrogens with one attached hydrogen (secondary N) is 1. The summed E-state index contributed by atoms with van der Waals surface area (Å²) in [6.45, 7) is 0. The molecule has 0 radical (unpaired) electrons. The minimum absolute atomic E-state index is 0.0354. The van der Waals surface area contributed by atoms with E-state index in [1.54, 1.807) is 30.5 Å². The van der Waals surface area contributed by atoms with Crippen molar-refractivity contribution in [1.29, 1.82) is 0 Å². The van der Waals surface area contributed by atoms with E-state index in [9.17, 15) is 22.8 Å². The van der Waals surface area contributed by atoms with Crippen LogP contribution in [0.1, 0.15) is 11.3 Å². The van der Waals surface area contributed by atoms with Crippen LogP contribution in [0.3, 0.4) is 0 Å². The number of thiol groups is 1. The van der Waals surface area contributed by atoms with Crippen molar-refractivity contribution in [2.45, 2.75) is 12.6 Å². The van der Waals surface area contributed by atoms with Crippen LogP contribution in [0.2, 0.25) is 0 Å². The number of aryl methyl sites for hydroxylation is 1. The van der Waals surface area contributed by atoms with Gasteiger partial charge in [0.25, 0.3) is 5.56 Å². The van der Waals surface area contributed by atoms with Crippen LogP contribution in [0.25, 0.3) is 27.4 Å². The van der Waals surface area contributed by atoms with Gasteiger partial charge in [0, 0.05) is 23.4 Å². The molecule has 148 valence electrons. The maximum atomic E-state index is 13.2. The average Bonchev–Trinajstić information content (AvgIpc) is 2.68. The van der Waals surface area contributed by atoms with Crippen molar-refractivity contribution in [3.05, 3.63) is 80.8 Å². The average molecular weight is 417 g/mol. The quantitative estimate of drug-likeness (QED) is 0.500. The van der Waals surface area contributed by atoms with Crippen molar-refractivity contribution in [2.75, 3.05) is 5.75 Å². The maximum absolute atomic E-state index is 13.2. The fraction of sp³-hybridized carbons (Fsp3) is 0.150. The summed E-state index contributed by atoms with van der Waals surface area (Å²) in [5.74, 6) is 0.413. The van der Waals surface area contributed by atoms with Crippen molar-refractivity contribution in [3.8, 4) is 5.69 Å². The maximum Gasteiger partial charge on any atom is 0.416 e. The summed E-state index contributed by atoms with van der Waals surface area (Å²) < 4.78 is 40.2. The molecule has 2 aromatic carbocycles. The first-order valence-electron chi connectivity index (χ1n) is 8.65. The second-order valence-electron chi connectivity index (χ2n) is 6.44. The molecular formula is C20H14F3N3O2S. The molecule has 0 saturated carbocycles. The van der Waals surface area contributed by atoms with E-state index >= 15 is 0 Å². The summed E-state index contributed by atoms with van der Waals surface area (Å²) in [5, 5.41) is 1.06. The molecule has 0 fully saturated rings. The summed E-state index contributed by atoms with van der Waals surface area (Å²) in [6.07, 6.45) is -2.62. The predicted octanol–water partition coefficient (Wildman–Crippen LogP) is 3.72. The number of rotatable bonds is 3. The van der Waals surface area contributed by atoms with E-state index in [0.717, 1.165) is 22.8 Å². The number of hydrogen-bond donors (Lipinski definition) is 2. The summed E-state index contributed by atoms with van der Waals surface area (Å²) >= 11 is 4.20. The van der Waals surface area contributed by atoms with Crippen LogP contribution in [0.15, 0.2) is 58.3 Å². The molecule has 29 heavy (non-hydrogen) atoms. The number of H-pyrrole nitrogens is 1. The molecule has 5 nitrogen and oxygen atoms in total. The number of halogens is 3. The molecule has 0 atom stereocenters. The minimum atomic E-state index is -4.61. The highest BCUT2D eigenvalue weighted by molar-refractivity contribution is 7.80. The molecule has 0 aliphatic rings. The first-order chi connectivity index (χ1) is 13.8. The first kappa shape index (κ1) is 19.3. The fourth-order valence-electron chi connectivity index (χ4n) is 3.32. The molecule has 0 bridgehead atoms. The lowest BCUT2D eigenvalue weighted by Crippen LogP contribution is -2.35. The third-order valence-electron chi connectivity index (χ3n) is 4.65. The smallest absolute Gasteiger partial charge is 0.306 e. The summed E-state index contributed by atoms with van der Waals surface area (Å²) in [7, 11) is 0. The minimum Gasteiger partial charge on any atom is -0.306 e. The van der Waals surface area contributed by atoms with Crippen molar-refractivity contribution < 1.29 is 13.2 Å². The normalized spacial score (nSPS) is 12.0. The molecule has 2 heterocycles. The largest absolute Gasteiger partial charge is 0.416 e. The van der Waals surface area contributed by atoms with Crippen LogP contribution in [-0.2, 0) is 12.6 Å². The van der Waals surface area contributed by atoms with Crippen LogP contribution < -0.4 is 11.2 Å². The number of aromatic amines is 1. The second kappa shape index (κ2) is 7.07. The van der Waals surface area contributed by atoms with Crippen molar-refractivity contribution in [2.24, 2.45) is 0 Å². The number of alkyl halides is 3. The molecule has 0 saturated heterocycles. The zero-order chi connectivity index (χ0) is 20.8. The van der Waals surface area contributed by atoms with E-state index < -0.39 is 23.0 Å². The zero-order valence-corrected chi connectivity index (χ0v) is 15.7. The summed E-state index contributed by atoms with van der Waals surface area (Å²) in [4.78, 5) is 32.8. The van der Waals surface area contributed by atoms with Gasteiger partial charge in [0.1, 0.15) is 0 Å². The number of benzene rings is 2. The highest BCUT2D eigenvalue weighted by Crippen LogP contribution is 2.30. The molecule has 0 aliphatic carbocycles. The molecular weight excluding hydrogens is 403 g/mol. The lowest BCUT2D eigenvalue weighted by Gasteiger charge is -2.14. The standard InChI is InChI=1S/C20H14F3N3O2S/c21-20(22,23)12-5-6-15-14(9-12)18(27)26(19(28)25-15)17-13-4-2-1-3-11(13)10-24-16(17)7-8-29/h1-6,9-10,29H,7-8H2,(H,25,28). The Morgan fingerprint density at radius 1 is 1.07 bits per heavy atom. The number of hydrogen-bond acceptors (Lipinski definition) is 4. The number of fused-ring (bicyclic) bond motifs is 2. The van der Waals surface area contributed by atoms with Gasteiger partial charge in [-0.15, -0.1) is 0 Å². The van der Waals surface area contributed by atoms with Gasteiger partial charge < -0.3 is 4.98 Å². The van der Waals surface area contributed by atoms with Crippen molar-refractivity contribution in [1.82, 2.24) is 14.5 Å². The highest BCUT2D eigenvalue weighted by atomic mass is 32.1.